The van der Waals surface area contributed by atoms with Crippen molar-refractivity contribution in [1.29, 1.82) is 0 Å². The number of ether oxygens (including phenoxy) is 2. The van der Waals surface area contributed by atoms with Gasteiger partial charge in [-0.2, -0.15) is 0 Å². The van der Waals surface area contributed by atoms with Crippen LogP contribution in [0, 0.1) is 23.7 Å². The molecule has 1 heterocycles. The second-order valence-corrected chi connectivity index (χ2v) is 6.08. The lowest BCUT2D eigenvalue weighted by atomic mass is 9.99. The van der Waals surface area contributed by atoms with Crippen molar-refractivity contribution in [2.75, 3.05) is 13.2 Å². The van der Waals surface area contributed by atoms with Crippen LogP contribution in [0.5, 0.6) is 0 Å². The minimum absolute atomic E-state index is 0.0194. The van der Waals surface area contributed by atoms with Crippen LogP contribution in [-0.2, 0) is 9.47 Å². The Morgan fingerprint density at radius 1 is 1.11 bits per heavy atom. The van der Waals surface area contributed by atoms with Crippen LogP contribution in [-0.4, -0.2) is 86.8 Å². The number of unbranched alkanes of at least 4 members (excludes halogenated alkanes) is 1. The second kappa shape index (κ2) is 13.5. The van der Waals surface area contributed by atoms with E-state index in [1.807, 2.05) is 0 Å². The predicted octanol–water partition coefficient (Wildman–Crippen LogP) is -1.56. The van der Waals surface area contributed by atoms with Crippen molar-refractivity contribution in [1.82, 2.24) is 0 Å². The zero-order valence-corrected chi connectivity index (χ0v) is 15.7. The van der Waals surface area contributed by atoms with E-state index in [0.717, 1.165) is 0 Å². The molecule has 0 saturated carbocycles. The third kappa shape index (κ3) is 7.72. The molecule has 8 nitrogen and oxygen atoms in total. The first-order valence-electron chi connectivity index (χ1n) is 9.00. The van der Waals surface area contributed by atoms with Crippen LogP contribution in [0.2, 0.25) is 0 Å². The number of aliphatic hydroxyl groups excluding tert-OH is 6. The van der Waals surface area contributed by atoms with Gasteiger partial charge in [0.1, 0.15) is 30.5 Å². The molecule has 0 unspecified atom stereocenters. The lowest BCUT2D eigenvalue weighted by Crippen LogP contribution is -2.60. The van der Waals surface area contributed by atoms with Gasteiger partial charge in [-0.1, -0.05) is 30.1 Å². The Hall–Kier alpha value is -1.72. The zero-order valence-electron chi connectivity index (χ0n) is 15.7. The summed E-state index contributed by atoms with van der Waals surface area (Å²) in [5.74, 6) is 10.4. The number of hydrogen-bond donors (Lipinski definition) is 6. The molecule has 0 spiro atoms. The molecule has 0 radical (unpaired) electrons. The van der Waals surface area contributed by atoms with Gasteiger partial charge in [0, 0.05) is 6.61 Å². The third-order valence-electron chi connectivity index (χ3n) is 3.90. The summed E-state index contributed by atoms with van der Waals surface area (Å²) in [5.41, 5.74) is 0. The van der Waals surface area contributed by atoms with E-state index in [4.69, 9.17) is 14.6 Å². The van der Waals surface area contributed by atoms with Crippen molar-refractivity contribution in [2.45, 2.75) is 62.7 Å². The van der Waals surface area contributed by atoms with Crippen LogP contribution in [0.3, 0.4) is 0 Å². The SMILES string of the molecule is C/C=C/C#CC#C[C@@H](O[C@@H]1O[C@H](CO)[C@@H](O)[C@H](O)[C@H]1O)[C@H](O)/C=C/CCCO. The first-order valence-corrected chi connectivity index (χ1v) is 9.00. The highest BCUT2D eigenvalue weighted by Crippen LogP contribution is 2.23. The highest BCUT2D eigenvalue weighted by atomic mass is 16.7. The van der Waals surface area contributed by atoms with Gasteiger partial charge in [-0.25, -0.2) is 0 Å². The molecule has 0 aromatic carbocycles. The van der Waals surface area contributed by atoms with Gasteiger partial charge in [-0.3, -0.25) is 0 Å². The van der Waals surface area contributed by atoms with Gasteiger partial charge in [-0.05, 0) is 37.7 Å². The highest BCUT2D eigenvalue weighted by molar-refractivity contribution is 5.32. The molecule has 7 atom stereocenters. The van der Waals surface area contributed by atoms with Crippen LogP contribution in [0.15, 0.2) is 24.3 Å². The summed E-state index contributed by atoms with van der Waals surface area (Å²) < 4.78 is 10.8. The minimum atomic E-state index is -1.61. The van der Waals surface area contributed by atoms with E-state index in [-0.39, 0.29) is 6.61 Å². The van der Waals surface area contributed by atoms with Gasteiger partial charge in [0.05, 0.1) is 6.61 Å². The normalized spacial score (nSPS) is 29.8. The molecule has 1 aliphatic rings. The van der Waals surface area contributed by atoms with Gasteiger partial charge >= 0.3 is 0 Å². The monoisotopic (exact) mass is 396 g/mol. The average Bonchev–Trinajstić information content (AvgIpc) is 2.70. The molecule has 0 aromatic heterocycles. The molecule has 0 aliphatic carbocycles. The number of aliphatic hydroxyl groups is 6. The summed E-state index contributed by atoms with van der Waals surface area (Å²) in [4.78, 5) is 0. The van der Waals surface area contributed by atoms with E-state index < -0.39 is 49.5 Å². The number of rotatable bonds is 8. The molecule has 1 saturated heterocycles. The topological polar surface area (TPSA) is 140 Å². The quantitative estimate of drug-likeness (QED) is 0.165. The standard InChI is InChI=1S/C20H28O8/c1-2-3-4-5-8-11-15(14(23)10-7-6-9-12-21)27-20-19(26)18(25)17(24)16(13-22)28-20/h2-3,7,10,14-26H,6,9,12-13H2,1H3/b3-2+,10-7+/t14-,15-,16-,17-,18+,19-,20-/m1/s1. The largest absolute Gasteiger partial charge is 0.396 e. The van der Waals surface area contributed by atoms with Gasteiger partial charge in [0.25, 0.3) is 0 Å². The van der Waals surface area contributed by atoms with Gasteiger partial charge in [0.2, 0.25) is 0 Å². The van der Waals surface area contributed by atoms with Crippen LogP contribution >= 0.6 is 0 Å². The molecule has 0 bridgehead atoms. The van der Waals surface area contributed by atoms with Crippen molar-refractivity contribution in [2.24, 2.45) is 0 Å². The summed E-state index contributed by atoms with van der Waals surface area (Å²) >= 11 is 0. The fourth-order valence-electron chi connectivity index (χ4n) is 2.34. The molecule has 0 amide bonds. The lowest BCUT2D eigenvalue weighted by molar-refractivity contribution is -0.310. The maximum atomic E-state index is 10.3. The number of allylic oxidation sites excluding steroid dienone is 3. The van der Waals surface area contributed by atoms with E-state index in [1.165, 1.54) is 6.08 Å². The van der Waals surface area contributed by atoms with Crippen molar-refractivity contribution < 1.29 is 40.1 Å². The Balaban J connectivity index is 2.94. The van der Waals surface area contributed by atoms with Crippen molar-refractivity contribution in [3.8, 4) is 23.7 Å². The van der Waals surface area contributed by atoms with E-state index in [2.05, 4.69) is 23.7 Å². The van der Waals surface area contributed by atoms with Gasteiger partial charge in [0.15, 0.2) is 12.4 Å². The Morgan fingerprint density at radius 3 is 2.50 bits per heavy atom. The molecule has 8 heteroatoms. The fraction of sp³-hybridized carbons (Fsp3) is 0.600. The first-order chi connectivity index (χ1) is 13.5. The molecule has 1 fully saturated rings. The third-order valence-corrected chi connectivity index (χ3v) is 3.90. The Labute approximate surface area is 164 Å². The van der Waals surface area contributed by atoms with E-state index in [1.54, 1.807) is 25.2 Å². The molecular weight excluding hydrogens is 368 g/mol. The summed E-state index contributed by atoms with van der Waals surface area (Å²) in [6.07, 6.45) is -2.19. The summed E-state index contributed by atoms with van der Waals surface area (Å²) in [6.45, 7) is 1.22. The fourth-order valence-corrected chi connectivity index (χ4v) is 2.34. The van der Waals surface area contributed by atoms with Crippen molar-refractivity contribution >= 4 is 0 Å². The van der Waals surface area contributed by atoms with E-state index in [0.29, 0.717) is 12.8 Å². The van der Waals surface area contributed by atoms with Crippen molar-refractivity contribution in [3.63, 3.8) is 0 Å². The Bertz CT molecular complexity index is 622. The molecule has 28 heavy (non-hydrogen) atoms. The Kier molecular flexibility index (Phi) is 11.7. The maximum absolute atomic E-state index is 10.3. The zero-order chi connectivity index (χ0) is 20.9. The molecule has 1 rings (SSSR count). The molecule has 0 aromatic rings. The van der Waals surface area contributed by atoms with Gasteiger partial charge in [-0.15, -0.1) is 0 Å². The number of hydrogen-bond acceptors (Lipinski definition) is 8. The summed E-state index contributed by atoms with van der Waals surface area (Å²) in [6, 6.07) is 0. The molecule has 1 aliphatic heterocycles. The molecule has 6 N–H and O–H groups in total. The molecule has 156 valence electrons. The minimum Gasteiger partial charge on any atom is -0.396 e. The van der Waals surface area contributed by atoms with Crippen molar-refractivity contribution in [3.05, 3.63) is 24.3 Å². The van der Waals surface area contributed by atoms with E-state index in [9.17, 15) is 25.5 Å². The summed E-state index contributed by atoms with van der Waals surface area (Å²) in [7, 11) is 0. The van der Waals surface area contributed by atoms with E-state index >= 15 is 0 Å². The van der Waals surface area contributed by atoms with Crippen LogP contribution in [0.25, 0.3) is 0 Å². The molecular formula is C20H28O8. The average molecular weight is 396 g/mol. The first kappa shape index (κ1) is 24.3. The van der Waals surface area contributed by atoms with Gasteiger partial charge < -0.3 is 40.1 Å². The highest BCUT2D eigenvalue weighted by Gasteiger charge is 2.45. The smallest absolute Gasteiger partial charge is 0.188 e. The lowest BCUT2D eigenvalue weighted by Gasteiger charge is -2.40. The Morgan fingerprint density at radius 2 is 1.86 bits per heavy atom. The maximum Gasteiger partial charge on any atom is 0.188 e. The predicted molar refractivity (Wildman–Crippen MR) is 100 cm³/mol. The van der Waals surface area contributed by atoms with Crippen LogP contribution < -0.4 is 0 Å². The second-order valence-electron chi connectivity index (χ2n) is 6.08. The van der Waals surface area contributed by atoms with Crippen LogP contribution in [0.1, 0.15) is 19.8 Å². The van der Waals surface area contributed by atoms with Crippen LogP contribution in [0.4, 0.5) is 0 Å². The summed E-state index contributed by atoms with van der Waals surface area (Å²) in [5, 5.41) is 58.1.